The van der Waals surface area contributed by atoms with Crippen molar-refractivity contribution in [2.75, 3.05) is 0 Å². The Balaban J connectivity index is 2.21. The Kier molecular flexibility index (Phi) is 2.49. The Morgan fingerprint density at radius 3 is 2.76 bits per heavy atom. The first-order valence-corrected chi connectivity index (χ1v) is 6.82. The molecule has 4 aromatic rings. The summed E-state index contributed by atoms with van der Waals surface area (Å²) in [4.78, 5) is 4.63. The van der Waals surface area contributed by atoms with Crippen LogP contribution in [0.4, 0.5) is 0 Å². The molecule has 0 spiro atoms. The molecule has 0 saturated heterocycles. The molecule has 3 aromatic heterocycles. The number of halogens is 1. The molecule has 0 aliphatic carbocycles. The molecule has 104 valence electrons. The maximum Gasteiger partial charge on any atom is 0.183 e. The van der Waals surface area contributed by atoms with E-state index in [4.69, 9.17) is 11.6 Å². The lowest BCUT2D eigenvalue weighted by Gasteiger charge is -2.05. The van der Waals surface area contributed by atoms with E-state index in [-0.39, 0.29) is 0 Å². The zero-order valence-electron chi connectivity index (χ0n) is 11.4. The second-order valence-corrected chi connectivity index (χ2v) is 5.29. The average Bonchev–Trinajstić information content (AvgIpc) is 3.02. The Hall–Kier alpha value is -2.47. The van der Waals surface area contributed by atoms with Crippen molar-refractivity contribution in [1.82, 2.24) is 29.4 Å². The van der Waals surface area contributed by atoms with E-state index in [0.717, 1.165) is 33.9 Å². The van der Waals surface area contributed by atoms with Crippen LogP contribution in [0.3, 0.4) is 0 Å². The average molecular weight is 299 g/mol. The zero-order valence-corrected chi connectivity index (χ0v) is 12.2. The lowest BCUT2D eigenvalue weighted by molar-refractivity contribution is 0.769. The summed E-state index contributed by atoms with van der Waals surface area (Å²) in [5, 5.41) is 13.4. The van der Waals surface area contributed by atoms with E-state index in [0.29, 0.717) is 5.02 Å². The first-order valence-electron chi connectivity index (χ1n) is 6.44. The molecule has 0 atom stereocenters. The third kappa shape index (κ3) is 1.72. The monoisotopic (exact) mass is 298 g/mol. The van der Waals surface area contributed by atoms with Crippen molar-refractivity contribution in [1.29, 1.82) is 0 Å². The number of aryl methyl sites for hydroxylation is 2. The van der Waals surface area contributed by atoms with Crippen LogP contribution < -0.4 is 0 Å². The predicted molar refractivity (Wildman–Crippen MR) is 80.2 cm³/mol. The fourth-order valence-corrected chi connectivity index (χ4v) is 2.66. The van der Waals surface area contributed by atoms with Crippen LogP contribution in [0.2, 0.25) is 5.02 Å². The van der Waals surface area contributed by atoms with Gasteiger partial charge in [-0.3, -0.25) is 9.08 Å². The molecule has 0 bridgehead atoms. The quantitative estimate of drug-likeness (QED) is 0.542. The largest absolute Gasteiger partial charge is 0.272 e. The molecule has 0 amide bonds. The van der Waals surface area contributed by atoms with Gasteiger partial charge in [0.05, 0.1) is 11.2 Å². The number of hydrogen-bond acceptors (Lipinski definition) is 4. The van der Waals surface area contributed by atoms with E-state index >= 15 is 0 Å². The van der Waals surface area contributed by atoms with E-state index in [1.807, 2.05) is 36.6 Å². The molecule has 0 aliphatic rings. The lowest BCUT2D eigenvalue weighted by Crippen LogP contribution is -2.00. The second-order valence-electron chi connectivity index (χ2n) is 4.85. The molecule has 0 saturated carbocycles. The van der Waals surface area contributed by atoms with Crippen LogP contribution in [0.1, 0.15) is 5.69 Å². The number of imidazole rings is 1. The van der Waals surface area contributed by atoms with E-state index in [2.05, 4.69) is 20.3 Å². The molecular weight excluding hydrogens is 288 g/mol. The Morgan fingerprint density at radius 2 is 2.00 bits per heavy atom. The summed E-state index contributed by atoms with van der Waals surface area (Å²) in [6, 6.07) is 7.45. The summed E-state index contributed by atoms with van der Waals surface area (Å²) in [6.07, 6.45) is 1.75. The number of fused-ring (bicyclic) bond motifs is 3. The number of benzene rings is 1. The van der Waals surface area contributed by atoms with E-state index < -0.39 is 0 Å². The van der Waals surface area contributed by atoms with E-state index in [9.17, 15) is 0 Å². The third-order valence-corrected chi connectivity index (χ3v) is 3.74. The number of hydrogen-bond donors (Lipinski definition) is 0. The van der Waals surface area contributed by atoms with Crippen molar-refractivity contribution >= 4 is 28.3 Å². The fourth-order valence-electron chi connectivity index (χ4n) is 2.49. The first-order chi connectivity index (χ1) is 10.1. The highest BCUT2D eigenvalue weighted by molar-refractivity contribution is 6.31. The molecule has 7 heteroatoms. The topological polar surface area (TPSA) is 60.9 Å². The summed E-state index contributed by atoms with van der Waals surface area (Å²) in [7, 11) is 1.88. The summed E-state index contributed by atoms with van der Waals surface area (Å²) in [5.41, 5.74) is 4.10. The number of aromatic nitrogens is 6. The molecule has 0 aliphatic heterocycles. The Morgan fingerprint density at radius 1 is 1.14 bits per heavy atom. The van der Waals surface area contributed by atoms with Gasteiger partial charge in [-0.15, -0.1) is 10.2 Å². The molecule has 0 fully saturated rings. The summed E-state index contributed by atoms with van der Waals surface area (Å²) < 4.78 is 3.76. The van der Waals surface area contributed by atoms with Gasteiger partial charge in [0.15, 0.2) is 11.5 Å². The van der Waals surface area contributed by atoms with Crippen LogP contribution in [0.5, 0.6) is 0 Å². The summed E-state index contributed by atoms with van der Waals surface area (Å²) >= 11 is 6.13. The van der Waals surface area contributed by atoms with Gasteiger partial charge in [0.2, 0.25) is 0 Å². The molecular formula is C14H11ClN6. The van der Waals surface area contributed by atoms with Crippen LogP contribution in [-0.4, -0.2) is 29.4 Å². The highest BCUT2D eigenvalue weighted by Gasteiger charge is 2.16. The van der Waals surface area contributed by atoms with Gasteiger partial charge in [0.1, 0.15) is 11.2 Å². The van der Waals surface area contributed by atoms with Crippen molar-refractivity contribution < 1.29 is 0 Å². The van der Waals surface area contributed by atoms with E-state index in [1.165, 1.54) is 0 Å². The Bertz CT molecular complexity index is 984. The van der Waals surface area contributed by atoms with E-state index in [1.54, 1.807) is 16.9 Å². The number of rotatable bonds is 1. The number of nitrogens with zero attached hydrogens (tertiary/aromatic N) is 6. The SMILES string of the molecule is Cc1nc(-c2ccnn2C)n2c1nnc1ccc(Cl)cc12. The van der Waals surface area contributed by atoms with Gasteiger partial charge in [0.25, 0.3) is 0 Å². The minimum absolute atomic E-state index is 0.652. The maximum atomic E-state index is 6.13. The minimum atomic E-state index is 0.652. The molecule has 3 heterocycles. The zero-order chi connectivity index (χ0) is 14.6. The first kappa shape index (κ1) is 12.3. The van der Waals surface area contributed by atoms with Gasteiger partial charge in [0, 0.05) is 18.3 Å². The van der Waals surface area contributed by atoms with Crippen LogP contribution in [0.15, 0.2) is 30.5 Å². The Labute approximate surface area is 125 Å². The lowest BCUT2D eigenvalue weighted by atomic mass is 10.3. The summed E-state index contributed by atoms with van der Waals surface area (Å²) in [5.74, 6) is 0.782. The minimum Gasteiger partial charge on any atom is -0.272 e. The second kappa shape index (κ2) is 4.26. The normalized spacial score (nSPS) is 11.6. The van der Waals surface area contributed by atoms with Gasteiger partial charge in [-0.25, -0.2) is 4.98 Å². The third-order valence-electron chi connectivity index (χ3n) is 3.50. The molecule has 6 nitrogen and oxygen atoms in total. The van der Waals surface area contributed by atoms with Crippen molar-refractivity contribution in [2.45, 2.75) is 6.92 Å². The fraction of sp³-hybridized carbons (Fsp3) is 0.143. The van der Waals surface area contributed by atoms with Gasteiger partial charge >= 0.3 is 0 Å². The molecule has 0 N–H and O–H groups in total. The molecule has 21 heavy (non-hydrogen) atoms. The van der Waals surface area contributed by atoms with Crippen molar-refractivity contribution in [3.05, 3.63) is 41.2 Å². The molecule has 1 aromatic carbocycles. The smallest absolute Gasteiger partial charge is 0.183 e. The van der Waals surface area contributed by atoms with Crippen LogP contribution in [0.25, 0.3) is 28.2 Å². The van der Waals surface area contributed by atoms with Gasteiger partial charge < -0.3 is 0 Å². The summed E-state index contributed by atoms with van der Waals surface area (Å²) in [6.45, 7) is 1.92. The molecule has 0 radical (unpaired) electrons. The van der Waals surface area contributed by atoms with Crippen molar-refractivity contribution in [3.63, 3.8) is 0 Å². The van der Waals surface area contributed by atoms with Crippen LogP contribution in [-0.2, 0) is 7.05 Å². The highest BCUT2D eigenvalue weighted by Crippen LogP contribution is 2.26. The van der Waals surface area contributed by atoms with Crippen LogP contribution in [0, 0.1) is 6.92 Å². The van der Waals surface area contributed by atoms with Crippen molar-refractivity contribution in [2.24, 2.45) is 7.05 Å². The molecule has 4 rings (SSSR count). The predicted octanol–water partition coefficient (Wildman–Crippen LogP) is 2.64. The van der Waals surface area contributed by atoms with Crippen molar-refractivity contribution in [3.8, 4) is 11.5 Å². The van der Waals surface area contributed by atoms with Gasteiger partial charge in [-0.2, -0.15) is 5.10 Å². The van der Waals surface area contributed by atoms with Gasteiger partial charge in [-0.05, 0) is 31.2 Å². The maximum absolute atomic E-state index is 6.13. The highest BCUT2D eigenvalue weighted by atomic mass is 35.5. The van der Waals surface area contributed by atoms with Gasteiger partial charge in [-0.1, -0.05) is 11.6 Å². The standard InChI is InChI=1S/C14H11ClN6/c1-8-13-19-18-10-4-3-9(15)7-12(10)21(13)14(17-8)11-5-6-16-20(11)2/h3-7H,1-2H3. The van der Waals surface area contributed by atoms with Crippen LogP contribution >= 0.6 is 11.6 Å². The molecule has 0 unspecified atom stereocenters.